The van der Waals surface area contributed by atoms with E-state index in [9.17, 15) is 0 Å². The molecule has 82 valence electrons. The molecule has 15 heavy (non-hydrogen) atoms. The van der Waals surface area contributed by atoms with Gasteiger partial charge in [-0.05, 0) is 30.7 Å². The minimum Gasteiger partial charge on any atom is -0.496 e. The van der Waals surface area contributed by atoms with E-state index in [0.717, 1.165) is 17.0 Å². The Morgan fingerprint density at radius 2 is 2.27 bits per heavy atom. The molecule has 1 N–H and O–H groups in total. The Morgan fingerprint density at radius 1 is 1.53 bits per heavy atom. The summed E-state index contributed by atoms with van der Waals surface area (Å²) in [7, 11) is 1.66. The largest absolute Gasteiger partial charge is 0.496 e. The molecule has 0 spiro atoms. The van der Waals surface area contributed by atoms with Gasteiger partial charge in [-0.3, -0.25) is 0 Å². The van der Waals surface area contributed by atoms with Gasteiger partial charge in [-0.15, -0.1) is 0 Å². The van der Waals surface area contributed by atoms with Crippen molar-refractivity contribution >= 4 is 28.9 Å². The van der Waals surface area contributed by atoms with Crippen molar-refractivity contribution in [2.75, 3.05) is 19.0 Å². The van der Waals surface area contributed by atoms with E-state index in [-0.39, 0.29) is 0 Å². The molecule has 0 bridgehead atoms. The summed E-state index contributed by atoms with van der Waals surface area (Å²) >= 11 is 11.2. The van der Waals surface area contributed by atoms with Gasteiger partial charge in [0.2, 0.25) is 0 Å². The summed E-state index contributed by atoms with van der Waals surface area (Å²) in [5, 5.41) is 3.72. The van der Waals surface area contributed by atoms with Crippen LogP contribution in [0.2, 0.25) is 0 Å². The second-order valence-corrected chi connectivity index (χ2v) is 3.80. The van der Waals surface area contributed by atoms with Crippen LogP contribution in [0.15, 0.2) is 28.8 Å². The fourth-order valence-electron chi connectivity index (χ4n) is 1.21. The van der Waals surface area contributed by atoms with E-state index >= 15 is 0 Å². The van der Waals surface area contributed by atoms with Crippen molar-refractivity contribution in [3.05, 3.63) is 34.3 Å². The van der Waals surface area contributed by atoms with Crippen LogP contribution < -0.4 is 10.1 Å². The lowest BCUT2D eigenvalue weighted by molar-refractivity contribution is 0.412. The smallest absolute Gasteiger partial charge is 0.121 e. The van der Waals surface area contributed by atoms with Crippen molar-refractivity contribution in [2.24, 2.45) is 0 Å². The summed E-state index contributed by atoms with van der Waals surface area (Å²) < 4.78 is 5.16. The fraction of sp³-hybridized carbons (Fsp3) is 0.273. The first-order valence-electron chi connectivity index (χ1n) is 4.50. The van der Waals surface area contributed by atoms with Crippen molar-refractivity contribution in [3.63, 3.8) is 0 Å². The van der Waals surface area contributed by atoms with E-state index < -0.39 is 0 Å². The first-order chi connectivity index (χ1) is 7.17. The molecule has 0 saturated heterocycles. The highest BCUT2D eigenvalue weighted by Gasteiger charge is 1.99. The first kappa shape index (κ1) is 12.2. The van der Waals surface area contributed by atoms with Crippen LogP contribution in [0.1, 0.15) is 5.56 Å². The number of methoxy groups -OCH3 is 1. The standard InChI is InChI=1S/C11H13Cl2NO/c1-8-5-10(3-4-11(8)15-2)14-7-9(13)6-12/h3-6,14H,7H2,1-2H3. The maximum absolute atomic E-state index is 5.76. The number of rotatable bonds is 4. The monoisotopic (exact) mass is 245 g/mol. The Balaban J connectivity index is 2.67. The SMILES string of the molecule is COc1ccc(NCC(Cl)=CCl)cc1C. The molecule has 2 nitrogen and oxygen atoms in total. The highest BCUT2D eigenvalue weighted by molar-refractivity contribution is 6.36. The number of hydrogen-bond donors (Lipinski definition) is 1. The fourth-order valence-corrected chi connectivity index (χ4v) is 1.36. The molecule has 0 aliphatic heterocycles. The van der Waals surface area contributed by atoms with Gasteiger partial charge in [0.1, 0.15) is 5.75 Å². The summed E-state index contributed by atoms with van der Waals surface area (Å²) in [4.78, 5) is 0. The second kappa shape index (κ2) is 5.89. The van der Waals surface area contributed by atoms with Gasteiger partial charge in [-0.25, -0.2) is 0 Å². The number of nitrogens with one attached hydrogen (secondary N) is 1. The number of hydrogen-bond acceptors (Lipinski definition) is 2. The molecule has 0 heterocycles. The normalized spacial score (nSPS) is 11.3. The van der Waals surface area contributed by atoms with Gasteiger partial charge >= 0.3 is 0 Å². The Bertz CT molecular complexity index is 364. The van der Waals surface area contributed by atoms with Gasteiger partial charge in [-0.1, -0.05) is 23.2 Å². The molecule has 0 amide bonds. The molecule has 0 saturated carbocycles. The maximum atomic E-state index is 5.76. The van der Waals surface area contributed by atoms with Gasteiger partial charge in [0.15, 0.2) is 0 Å². The van der Waals surface area contributed by atoms with Gasteiger partial charge < -0.3 is 10.1 Å². The molecule has 0 fully saturated rings. The van der Waals surface area contributed by atoms with E-state index in [1.165, 1.54) is 5.54 Å². The van der Waals surface area contributed by atoms with Crippen LogP contribution in [0.4, 0.5) is 5.69 Å². The maximum Gasteiger partial charge on any atom is 0.121 e. The molecular formula is C11H13Cl2NO. The predicted octanol–water partition coefficient (Wildman–Crippen LogP) is 3.73. The third-order valence-electron chi connectivity index (χ3n) is 1.97. The summed E-state index contributed by atoms with van der Waals surface area (Å²) in [5.41, 5.74) is 3.42. The quantitative estimate of drug-likeness (QED) is 0.873. The molecule has 0 aliphatic rings. The molecule has 1 aromatic carbocycles. The van der Waals surface area contributed by atoms with Crippen molar-refractivity contribution in [2.45, 2.75) is 6.92 Å². The highest BCUT2D eigenvalue weighted by Crippen LogP contribution is 2.21. The van der Waals surface area contributed by atoms with Gasteiger partial charge in [0, 0.05) is 16.3 Å². The second-order valence-electron chi connectivity index (χ2n) is 3.09. The van der Waals surface area contributed by atoms with Crippen LogP contribution in [0.5, 0.6) is 5.75 Å². The van der Waals surface area contributed by atoms with Crippen molar-refractivity contribution in [1.82, 2.24) is 0 Å². The summed E-state index contributed by atoms with van der Waals surface area (Å²) in [6.07, 6.45) is 0. The Hall–Kier alpha value is -0.860. The molecule has 0 atom stereocenters. The average Bonchev–Trinajstić information content (AvgIpc) is 2.26. The summed E-state index contributed by atoms with van der Waals surface area (Å²) in [6, 6.07) is 5.84. The first-order valence-corrected chi connectivity index (χ1v) is 5.32. The molecule has 1 rings (SSSR count). The summed E-state index contributed by atoms with van der Waals surface area (Å²) in [6.45, 7) is 2.51. The number of aryl methyl sites for hydroxylation is 1. The van der Waals surface area contributed by atoms with Crippen LogP contribution in [0.25, 0.3) is 0 Å². The predicted molar refractivity (Wildman–Crippen MR) is 66.0 cm³/mol. The molecule has 0 aromatic heterocycles. The van der Waals surface area contributed by atoms with E-state index in [1.54, 1.807) is 7.11 Å². The number of ether oxygens (including phenoxy) is 1. The van der Waals surface area contributed by atoms with Crippen molar-refractivity contribution in [3.8, 4) is 5.75 Å². The van der Waals surface area contributed by atoms with E-state index in [1.807, 2.05) is 25.1 Å². The zero-order valence-electron chi connectivity index (χ0n) is 8.68. The number of benzene rings is 1. The minimum atomic E-state index is 0.525. The van der Waals surface area contributed by atoms with E-state index in [2.05, 4.69) is 5.32 Å². The van der Waals surface area contributed by atoms with Gasteiger partial charge in [-0.2, -0.15) is 0 Å². The lowest BCUT2D eigenvalue weighted by Crippen LogP contribution is -2.01. The van der Waals surface area contributed by atoms with Crippen molar-refractivity contribution in [1.29, 1.82) is 0 Å². The van der Waals surface area contributed by atoms with Crippen molar-refractivity contribution < 1.29 is 4.74 Å². The third-order valence-corrected chi connectivity index (χ3v) is 2.59. The molecule has 0 unspecified atom stereocenters. The zero-order chi connectivity index (χ0) is 11.3. The molecule has 4 heteroatoms. The highest BCUT2D eigenvalue weighted by atomic mass is 35.5. The minimum absolute atomic E-state index is 0.525. The van der Waals surface area contributed by atoms with Crippen LogP contribution in [0.3, 0.4) is 0 Å². The van der Waals surface area contributed by atoms with Crippen LogP contribution in [-0.4, -0.2) is 13.7 Å². The Kier molecular flexibility index (Phi) is 4.79. The molecule has 0 radical (unpaired) electrons. The topological polar surface area (TPSA) is 21.3 Å². The number of halogens is 2. The summed E-state index contributed by atoms with van der Waals surface area (Å²) in [5.74, 6) is 0.875. The van der Waals surface area contributed by atoms with Gasteiger partial charge in [0.25, 0.3) is 0 Å². The molecule has 1 aromatic rings. The zero-order valence-corrected chi connectivity index (χ0v) is 10.2. The van der Waals surface area contributed by atoms with Gasteiger partial charge in [0.05, 0.1) is 13.7 Å². The van der Waals surface area contributed by atoms with E-state index in [0.29, 0.717) is 11.6 Å². The Labute approximate surface area is 99.8 Å². The molecular weight excluding hydrogens is 233 g/mol. The van der Waals surface area contributed by atoms with E-state index in [4.69, 9.17) is 27.9 Å². The lowest BCUT2D eigenvalue weighted by Gasteiger charge is -2.09. The number of anilines is 1. The third kappa shape index (κ3) is 3.65. The van der Waals surface area contributed by atoms with Crippen LogP contribution in [-0.2, 0) is 0 Å². The average molecular weight is 246 g/mol. The lowest BCUT2D eigenvalue weighted by atomic mass is 10.2. The molecule has 0 aliphatic carbocycles. The Morgan fingerprint density at radius 3 is 2.80 bits per heavy atom. The van der Waals surface area contributed by atoms with Crippen LogP contribution in [0, 0.1) is 6.92 Å². The van der Waals surface area contributed by atoms with Crippen LogP contribution >= 0.6 is 23.2 Å².